The molecule has 1 aliphatic rings. The van der Waals surface area contributed by atoms with Gasteiger partial charge in [-0.2, -0.15) is 0 Å². The number of hydrogen-bond donors (Lipinski definition) is 3. The van der Waals surface area contributed by atoms with Crippen molar-refractivity contribution in [3.05, 3.63) is 0 Å². The third-order valence-corrected chi connectivity index (χ3v) is 3.07. The van der Waals surface area contributed by atoms with Crippen LogP contribution in [0.15, 0.2) is 0 Å². The van der Waals surface area contributed by atoms with Gasteiger partial charge >= 0.3 is 6.03 Å². The molecule has 1 fully saturated rings. The van der Waals surface area contributed by atoms with Crippen LogP contribution in [0.4, 0.5) is 4.79 Å². The Kier molecular flexibility index (Phi) is 9.55. The number of nitrogens with one attached hydrogen (secondary N) is 3. The zero-order valence-electron chi connectivity index (χ0n) is 11.7. The van der Waals surface area contributed by atoms with E-state index in [0.717, 1.165) is 32.4 Å². The molecule has 0 aromatic carbocycles. The van der Waals surface area contributed by atoms with E-state index < -0.39 is 6.03 Å². The number of carbonyl (C=O) groups is 2. The topological polar surface area (TPSA) is 73.5 Å². The third kappa shape index (κ3) is 7.34. The average Bonchev–Trinajstić information content (AvgIpc) is 2.36. The summed E-state index contributed by atoms with van der Waals surface area (Å²) in [5.41, 5.74) is 0. The summed E-state index contributed by atoms with van der Waals surface area (Å²) in [6, 6.07) is 0.0458. The number of likely N-dealkylation sites (N-methyl/N-ethyl adjacent to an activating group) is 1. The fraction of sp³-hybridized carbons (Fsp3) is 0.833. The van der Waals surface area contributed by atoms with Crippen LogP contribution in [0.2, 0.25) is 0 Å². The summed E-state index contributed by atoms with van der Waals surface area (Å²) < 4.78 is 0. The third-order valence-electron chi connectivity index (χ3n) is 3.07. The minimum absolute atomic E-state index is 0. The number of carbonyl (C=O) groups excluding carboxylic acids is 2. The van der Waals surface area contributed by atoms with E-state index in [9.17, 15) is 9.59 Å². The summed E-state index contributed by atoms with van der Waals surface area (Å²) in [7, 11) is 1.94. The van der Waals surface area contributed by atoms with Crippen molar-refractivity contribution in [3.63, 3.8) is 0 Å². The van der Waals surface area contributed by atoms with Crippen LogP contribution in [0.1, 0.15) is 26.2 Å². The number of imide groups is 1. The van der Waals surface area contributed by atoms with Gasteiger partial charge < -0.3 is 10.6 Å². The molecule has 0 aromatic heterocycles. The summed E-state index contributed by atoms with van der Waals surface area (Å²) in [6.07, 6.45) is 3.09. The Morgan fingerprint density at radius 1 is 1.37 bits per heavy atom. The van der Waals surface area contributed by atoms with E-state index in [1.54, 1.807) is 0 Å². The second kappa shape index (κ2) is 10.00. The predicted octanol–water partition coefficient (Wildman–Crippen LogP) is 0.328. The van der Waals surface area contributed by atoms with Crippen molar-refractivity contribution in [1.29, 1.82) is 0 Å². The number of rotatable bonds is 5. The highest BCUT2D eigenvalue weighted by Gasteiger charge is 2.20. The first kappa shape index (κ1) is 18.1. The molecule has 3 amide bonds. The average molecular weight is 293 g/mol. The molecule has 19 heavy (non-hydrogen) atoms. The van der Waals surface area contributed by atoms with Gasteiger partial charge in [-0.15, -0.1) is 12.4 Å². The summed E-state index contributed by atoms with van der Waals surface area (Å²) in [5.74, 6) is -0.236. The van der Waals surface area contributed by atoms with E-state index in [1.807, 2.05) is 14.0 Å². The van der Waals surface area contributed by atoms with E-state index in [4.69, 9.17) is 0 Å². The molecule has 0 spiro atoms. The molecule has 112 valence electrons. The monoisotopic (exact) mass is 292 g/mol. The highest BCUT2D eigenvalue weighted by molar-refractivity contribution is 5.95. The highest BCUT2D eigenvalue weighted by Crippen LogP contribution is 2.08. The largest absolute Gasteiger partial charge is 0.338 e. The van der Waals surface area contributed by atoms with Gasteiger partial charge in [-0.1, -0.05) is 6.92 Å². The van der Waals surface area contributed by atoms with Crippen LogP contribution in [-0.2, 0) is 4.79 Å². The van der Waals surface area contributed by atoms with Crippen LogP contribution in [0.3, 0.4) is 0 Å². The number of likely N-dealkylation sites (tertiary alicyclic amines) is 1. The predicted molar refractivity (Wildman–Crippen MR) is 77.6 cm³/mol. The molecular formula is C12H25ClN4O2. The summed E-state index contributed by atoms with van der Waals surface area (Å²) in [4.78, 5) is 25.0. The zero-order valence-corrected chi connectivity index (χ0v) is 12.5. The van der Waals surface area contributed by atoms with Gasteiger partial charge in [-0.25, -0.2) is 4.79 Å². The molecule has 0 radical (unpaired) electrons. The molecule has 3 N–H and O–H groups in total. The van der Waals surface area contributed by atoms with Crippen molar-refractivity contribution >= 4 is 24.3 Å². The Balaban J connectivity index is 0.00000324. The van der Waals surface area contributed by atoms with Crippen molar-refractivity contribution in [2.24, 2.45) is 0 Å². The van der Waals surface area contributed by atoms with Crippen molar-refractivity contribution in [2.75, 3.05) is 33.2 Å². The minimum atomic E-state index is -0.399. The van der Waals surface area contributed by atoms with Gasteiger partial charge in [-0.05, 0) is 32.9 Å². The van der Waals surface area contributed by atoms with Crippen molar-refractivity contribution in [1.82, 2.24) is 20.9 Å². The van der Waals surface area contributed by atoms with E-state index in [2.05, 4.69) is 20.9 Å². The molecule has 0 bridgehead atoms. The normalized spacial score (nSPS) is 19.4. The standard InChI is InChI=1S/C12H24N4O2.ClH/c1-3-6-14-12(18)15-11(17)9-16-7-4-5-10(8-16)13-2;/h10,13H,3-9H2,1-2H3,(H2,14,15,17,18);1H. The number of urea groups is 1. The van der Waals surface area contributed by atoms with Crippen molar-refractivity contribution in [2.45, 2.75) is 32.2 Å². The highest BCUT2D eigenvalue weighted by atomic mass is 35.5. The second-order valence-corrected chi connectivity index (χ2v) is 4.67. The molecule has 1 rings (SSSR count). The van der Waals surface area contributed by atoms with Gasteiger partial charge in [-0.3, -0.25) is 15.0 Å². The Labute approximate surface area is 121 Å². The minimum Gasteiger partial charge on any atom is -0.338 e. The summed E-state index contributed by atoms with van der Waals surface area (Å²) in [5, 5.41) is 8.19. The lowest BCUT2D eigenvalue weighted by Crippen LogP contribution is -2.50. The maximum Gasteiger partial charge on any atom is 0.321 e. The number of hydrogen-bond acceptors (Lipinski definition) is 4. The van der Waals surface area contributed by atoms with Crippen LogP contribution >= 0.6 is 12.4 Å². The molecule has 6 nitrogen and oxygen atoms in total. The fourth-order valence-corrected chi connectivity index (χ4v) is 2.09. The molecule has 0 aliphatic carbocycles. The first-order chi connectivity index (χ1) is 8.65. The molecule has 1 atom stereocenters. The molecule has 0 saturated carbocycles. The maximum absolute atomic E-state index is 11.6. The van der Waals surface area contributed by atoms with E-state index in [0.29, 0.717) is 12.6 Å². The Hall–Kier alpha value is -0.850. The Morgan fingerprint density at radius 3 is 2.74 bits per heavy atom. The van der Waals surface area contributed by atoms with Gasteiger partial charge in [0.2, 0.25) is 5.91 Å². The zero-order chi connectivity index (χ0) is 13.4. The molecular weight excluding hydrogens is 268 g/mol. The van der Waals surface area contributed by atoms with E-state index in [1.165, 1.54) is 0 Å². The number of piperidine rings is 1. The molecule has 1 aliphatic heterocycles. The quantitative estimate of drug-likeness (QED) is 0.683. The molecule has 1 heterocycles. The first-order valence-corrected chi connectivity index (χ1v) is 6.63. The van der Waals surface area contributed by atoms with E-state index in [-0.39, 0.29) is 24.9 Å². The van der Waals surface area contributed by atoms with Gasteiger partial charge in [0.15, 0.2) is 0 Å². The fourth-order valence-electron chi connectivity index (χ4n) is 2.09. The molecule has 0 aromatic rings. The van der Waals surface area contributed by atoms with Gasteiger partial charge in [0, 0.05) is 19.1 Å². The molecule has 1 unspecified atom stereocenters. The second-order valence-electron chi connectivity index (χ2n) is 4.67. The lowest BCUT2D eigenvalue weighted by Gasteiger charge is -2.31. The smallest absolute Gasteiger partial charge is 0.321 e. The number of nitrogens with zero attached hydrogens (tertiary/aromatic N) is 1. The van der Waals surface area contributed by atoms with Crippen LogP contribution in [-0.4, -0.2) is 56.1 Å². The van der Waals surface area contributed by atoms with Crippen LogP contribution < -0.4 is 16.0 Å². The van der Waals surface area contributed by atoms with Crippen LogP contribution in [0.25, 0.3) is 0 Å². The van der Waals surface area contributed by atoms with E-state index >= 15 is 0 Å². The lowest BCUT2D eigenvalue weighted by atomic mass is 10.1. The molecule has 1 saturated heterocycles. The maximum atomic E-state index is 11.6. The molecule has 7 heteroatoms. The van der Waals surface area contributed by atoms with Crippen molar-refractivity contribution < 1.29 is 9.59 Å². The Bertz CT molecular complexity index is 289. The van der Waals surface area contributed by atoms with Gasteiger partial charge in [0.25, 0.3) is 0 Å². The van der Waals surface area contributed by atoms with Crippen LogP contribution in [0, 0.1) is 0 Å². The Morgan fingerprint density at radius 2 is 2.11 bits per heavy atom. The SMILES string of the molecule is CCCNC(=O)NC(=O)CN1CCCC(NC)C1.Cl. The number of halogens is 1. The summed E-state index contributed by atoms with van der Waals surface area (Å²) in [6.45, 7) is 4.62. The van der Waals surface area contributed by atoms with Crippen molar-refractivity contribution in [3.8, 4) is 0 Å². The van der Waals surface area contributed by atoms with Gasteiger partial charge in [0.1, 0.15) is 0 Å². The first-order valence-electron chi connectivity index (χ1n) is 6.63. The van der Waals surface area contributed by atoms with Gasteiger partial charge in [0.05, 0.1) is 6.54 Å². The van der Waals surface area contributed by atoms with Crippen LogP contribution in [0.5, 0.6) is 0 Å². The number of amides is 3. The summed E-state index contributed by atoms with van der Waals surface area (Å²) >= 11 is 0. The lowest BCUT2D eigenvalue weighted by molar-refractivity contribution is -0.121.